The van der Waals surface area contributed by atoms with Crippen molar-refractivity contribution < 1.29 is 0 Å². The third kappa shape index (κ3) is 2.40. The quantitative estimate of drug-likeness (QED) is 0.754. The summed E-state index contributed by atoms with van der Waals surface area (Å²) in [7, 11) is 0. The normalized spacial score (nSPS) is 10.8. The van der Waals surface area contributed by atoms with Crippen molar-refractivity contribution in [3.05, 3.63) is 42.4 Å². The van der Waals surface area contributed by atoms with Gasteiger partial charge in [-0.3, -0.25) is 4.68 Å². The molecule has 0 fully saturated rings. The number of hydrogen-bond donors (Lipinski definition) is 2. The zero-order chi connectivity index (χ0) is 13.9. The van der Waals surface area contributed by atoms with E-state index in [1.807, 2.05) is 25.1 Å². The molecule has 102 valence electrons. The topological polar surface area (TPSA) is 81.7 Å². The number of fused-ring (bicyclic) bond motifs is 1. The molecule has 0 spiro atoms. The maximum atomic E-state index is 5.63. The summed E-state index contributed by atoms with van der Waals surface area (Å²) in [6, 6.07) is 8.11. The highest BCUT2D eigenvalue weighted by atomic mass is 15.3. The third-order valence-electron chi connectivity index (χ3n) is 3.16. The van der Waals surface area contributed by atoms with Crippen molar-refractivity contribution in [2.45, 2.75) is 13.5 Å². The first-order valence-electron chi connectivity index (χ1n) is 6.48. The van der Waals surface area contributed by atoms with E-state index in [1.54, 1.807) is 17.1 Å². The van der Waals surface area contributed by atoms with E-state index in [0.29, 0.717) is 12.2 Å². The molecule has 0 saturated heterocycles. The number of nitrogens with zero attached hydrogens (tertiary/aromatic N) is 4. The van der Waals surface area contributed by atoms with Gasteiger partial charge < -0.3 is 11.1 Å². The van der Waals surface area contributed by atoms with Gasteiger partial charge in [-0.05, 0) is 6.92 Å². The van der Waals surface area contributed by atoms with Crippen molar-refractivity contribution in [3.8, 4) is 0 Å². The molecular weight excluding hydrogens is 252 g/mol. The van der Waals surface area contributed by atoms with Crippen LogP contribution in [0, 0.1) is 6.92 Å². The highest BCUT2D eigenvalue weighted by molar-refractivity contribution is 5.92. The zero-order valence-electron chi connectivity index (χ0n) is 11.2. The van der Waals surface area contributed by atoms with Crippen molar-refractivity contribution >= 4 is 22.3 Å². The summed E-state index contributed by atoms with van der Waals surface area (Å²) in [5, 5.41) is 18.0. The Balaban J connectivity index is 1.76. The molecule has 0 atom stereocenters. The predicted octanol–water partition coefficient (Wildman–Crippen LogP) is 1.83. The van der Waals surface area contributed by atoms with Gasteiger partial charge in [-0.15, -0.1) is 5.10 Å². The van der Waals surface area contributed by atoms with E-state index in [0.717, 1.165) is 28.8 Å². The van der Waals surface area contributed by atoms with E-state index in [2.05, 4.69) is 26.7 Å². The fourth-order valence-corrected chi connectivity index (χ4v) is 2.16. The van der Waals surface area contributed by atoms with Gasteiger partial charge in [0.2, 0.25) is 0 Å². The Kier molecular flexibility index (Phi) is 3.20. The van der Waals surface area contributed by atoms with Crippen molar-refractivity contribution in [2.75, 3.05) is 17.6 Å². The predicted molar refractivity (Wildman–Crippen MR) is 79.4 cm³/mol. The van der Waals surface area contributed by atoms with Crippen LogP contribution in [0.2, 0.25) is 0 Å². The summed E-state index contributed by atoms with van der Waals surface area (Å²) in [4.78, 5) is 0. The van der Waals surface area contributed by atoms with E-state index in [-0.39, 0.29) is 0 Å². The second-order valence-electron chi connectivity index (χ2n) is 4.64. The number of hydrogen-bond acceptors (Lipinski definition) is 5. The summed E-state index contributed by atoms with van der Waals surface area (Å²) in [5.74, 6) is 0.798. The molecule has 20 heavy (non-hydrogen) atoms. The second kappa shape index (κ2) is 5.16. The standard InChI is InChI=1S/C14H16N6/c1-10-12-4-2-3-5-13(12)14(19-18-10)16-6-7-20-9-11(15)8-17-20/h2-5,8-9H,6-7,15H2,1H3,(H,16,19). The lowest BCUT2D eigenvalue weighted by atomic mass is 10.1. The first kappa shape index (κ1) is 12.4. The fourth-order valence-electron chi connectivity index (χ4n) is 2.16. The molecule has 0 aliphatic heterocycles. The third-order valence-corrected chi connectivity index (χ3v) is 3.16. The molecule has 0 aliphatic carbocycles. The highest BCUT2D eigenvalue weighted by Crippen LogP contribution is 2.21. The maximum Gasteiger partial charge on any atom is 0.156 e. The second-order valence-corrected chi connectivity index (χ2v) is 4.64. The Morgan fingerprint density at radius 1 is 1.20 bits per heavy atom. The van der Waals surface area contributed by atoms with Crippen LogP contribution in [-0.2, 0) is 6.54 Å². The number of nitrogens with two attached hydrogens (primary N) is 1. The minimum absolute atomic E-state index is 0.672. The minimum atomic E-state index is 0.672. The van der Waals surface area contributed by atoms with Crippen LogP contribution in [0.3, 0.4) is 0 Å². The highest BCUT2D eigenvalue weighted by Gasteiger charge is 2.05. The monoisotopic (exact) mass is 268 g/mol. The smallest absolute Gasteiger partial charge is 0.156 e. The van der Waals surface area contributed by atoms with Gasteiger partial charge in [-0.25, -0.2) is 0 Å². The number of aromatic nitrogens is 4. The molecule has 0 unspecified atom stereocenters. The molecule has 0 bridgehead atoms. The van der Waals surface area contributed by atoms with E-state index in [1.165, 1.54) is 0 Å². The lowest BCUT2D eigenvalue weighted by Gasteiger charge is -2.09. The van der Waals surface area contributed by atoms with Gasteiger partial charge in [0, 0.05) is 23.5 Å². The summed E-state index contributed by atoms with van der Waals surface area (Å²) in [6.07, 6.45) is 3.45. The maximum absolute atomic E-state index is 5.63. The Morgan fingerprint density at radius 3 is 2.75 bits per heavy atom. The SMILES string of the molecule is Cc1nnc(NCCn2cc(N)cn2)c2ccccc12. The molecule has 0 radical (unpaired) electrons. The van der Waals surface area contributed by atoms with Gasteiger partial charge in [-0.1, -0.05) is 24.3 Å². The van der Waals surface area contributed by atoms with Gasteiger partial charge in [0.05, 0.1) is 24.1 Å². The summed E-state index contributed by atoms with van der Waals surface area (Å²) in [5.41, 5.74) is 7.23. The summed E-state index contributed by atoms with van der Waals surface area (Å²) in [6.45, 7) is 3.40. The molecule has 2 aromatic heterocycles. The van der Waals surface area contributed by atoms with Gasteiger partial charge in [0.1, 0.15) is 0 Å². The van der Waals surface area contributed by atoms with Crippen molar-refractivity contribution in [1.29, 1.82) is 0 Å². The average molecular weight is 268 g/mol. The molecule has 3 aromatic rings. The van der Waals surface area contributed by atoms with Gasteiger partial charge in [-0.2, -0.15) is 10.2 Å². The van der Waals surface area contributed by atoms with Gasteiger partial charge >= 0.3 is 0 Å². The van der Waals surface area contributed by atoms with Crippen LogP contribution in [0.25, 0.3) is 10.8 Å². The van der Waals surface area contributed by atoms with Crippen LogP contribution in [0.4, 0.5) is 11.5 Å². The molecule has 0 aliphatic rings. The van der Waals surface area contributed by atoms with E-state index in [9.17, 15) is 0 Å². The van der Waals surface area contributed by atoms with Crippen LogP contribution in [0.15, 0.2) is 36.7 Å². The van der Waals surface area contributed by atoms with Gasteiger partial charge in [0.25, 0.3) is 0 Å². The molecular formula is C14H16N6. The van der Waals surface area contributed by atoms with E-state index < -0.39 is 0 Å². The van der Waals surface area contributed by atoms with Crippen LogP contribution in [-0.4, -0.2) is 26.5 Å². The zero-order valence-corrected chi connectivity index (χ0v) is 11.2. The minimum Gasteiger partial charge on any atom is -0.396 e. The van der Waals surface area contributed by atoms with E-state index >= 15 is 0 Å². The molecule has 6 heteroatoms. The summed E-state index contributed by atoms with van der Waals surface area (Å²) >= 11 is 0. The molecule has 1 aromatic carbocycles. The van der Waals surface area contributed by atoms with E-state index in [4.69, 9.17) is 5.73 Å². The Morgan fingerprint density at radius 2 is 2.00 bits per heavy atom. The van der Waals surface area contributed by atoms with Crippen molar-refractivity contribution in [3.63, 3.8) is 0 Å². The molecule has 3 N–H and O–H groups in total. The lowest BCUT2D eigenvalue weighted by molar-refractivity contribution is 0.637. The first-order chi connectivity index (χ1) is 9.74. The van der Waals surface area contributed by atoms with Crippen LogP contribution in [0.5, 0.6) is 0 Å². The van der Waals surface area contributed by atoms with Crippen LogP contribution in [0.1, 0.15) is 5.69 Å². The van der Waals surface area contributed by atoms with Crippen molar-refractivity contribution in [1.82, 2.24) is 20.0 Å². The Labute approximate surface area is 116 Å². The number of nitrogens with one attached hydrogen (secondary N) is 1. The molecule has 2 heterocycles. The molecule has 0 saturated carbocycles. The Hall–Kier alpha value is -2.63. The first-order valence-corrected chi connectivity index (χ1v) is 6.48. The van der Waals surface area contributed by atoms with Crippen molar-refractivity contribution in [2.24, 2.45) is 0 Å². The number of nitrogen functional groups attached to an aromatic ring is 1. The number of anilines is 2. The molecule has 3 rings (SSSR count). The molecule has 0 amide bonds. The largest absolute Gasteiger partial charge is 0.396 e. The molecule has 6 nitrogen and oxygen atoms in total. The Bertz CT molecular complexity index is 733. The fraction of sp³-hybridized carbons (Fsp3) is 0.214. The van der Waals surface area contributed by atoms with Crippen LogP contribution < -0.4 is 11.1 Å². The average Bonchev–Trinajstić information content (AvgIpc) is 2.87. The number of rotatable bonds is 4. The lowest BCUT2D eigenvalue weighted by Crippen LogP contribution is -2.12. The summed E-state index contributed by atoms with van der Waals surface area (Å²) < 4.78 is 1.80. The van der Waals surface area contributed by atoms with Gasteiger partial charge in [0.15, 0.2) is 5.82 Å². The number of aryl methyl sites for hydroxylation is 1. The van der Waals surface area contributed by atoms with Crippen LogP contribution >= 0.6 is 0 Å². The number of benzene rings is 1.